The SMILES string of the molecule is Oc1cc2cnccc2cc1-c1ncc(SC2C[C@H]3C=C[C@@H](C2)N3)nn1. The summed E-state index contributed by atoms with van der Waals surface area (Å²) in [6.45, 7) is 0. The van der Waals surface area contributed by atoms with Crippen LogP contribution in [0, 0.1) is 0 Å². The second kappa shape index (κ2) is 6.34. The molecule has 1 saturated heterocycles. The van der Waals surface area contributed by atoms with Gasteiger partial charge in [-0.05, 0) is 36.4 Å². The fraction of sp³-hybridized carbons (Fsp3) is 0.263. The average Bonchev–Trinajstić information content (AvgIpc) is 3.00. The van der Waals surface area contributed by atoms with Gasteiger partial charge in [-0.15, -0.1) is 10.2 Å². The molecule has 1 aromatic carbocycles. The van der Waals surface area contributed by atoms with Crippen LogP contribution in [0.3, 0.4) is 0 Å². The molecule has 2 aliphatic heterocycles. The summed E-state index contributed by atoms with van der Waals surface area (Å²) >= 11 is 1.74. The molecule has 3 atom stereocenters. The fourth-order valence-electron chi connectivity index (χ4n) is 3.62. The molecule has 7 heteroatoms. The quantitative estimate of drug-likeness (QED) is 0.692. The Hall–Kier alpha value is -2.51. The van der Waals surface area contributed by atoms with Crippen LogP contribution in [0.5, 0.6) is 5.75 Å². The van der Waals surface area contributed by atoms with E-state index < -0.39 is 0 Å². The Morgan fingerprint density at radius 3 is 2.65 bits per heavy atom. The van der Waals surface area contributed by atoms with E-state index in [4.69, 9.17) is 0 Å². The number of thioether (sulfide) groups is 1. The zero-order chi connectivity index (χ0) is 17.5. The summed E-state index contributed by atoms with van der Waals surface area (Å²) in [5.41, 5.74) is 0.580. The zero-order valence-electron chi connectivity index (χ0n) is 13.9. The Kier molecular flexibility index (Phi) is 3.83. The lowest BCUT2D eigenvalue weighted by atomic mass is 10.0. The van der Waals surface area contributed by atoms with Crippen LogP contribution < -0.4 is 5.32 Å². The summed E-state index contributed by atoms with van der Waals surface area (Å²) in [7, 11) is 0. The zero-order valence-corrected chi connectivity index (χ0v) is 14.7. The van der Waals surface area contributed by atoms with Crippen molar-refractivity contribution in [2.24, 2.45) is 0 Å². The number of fused-ring (bicyclic) bond motifs is 3. The minimum Gasteiger partial charge on any atom is -0.507 e. The van der Waals surface area contributed by atoms with E-state index in [1.807, 2.05) is 12.1 Å². The molecule has 2 aromatic heterocycles. The number of phenolic OH excluding ortho intramolecular Hbond substituents is 1. The van der Waals surface area contributed by atoms with Crippen LogP contribution in [0.2, 0.25) is 0 Å². The van der Waals surface area contributed by atoms with E-state index in [2.05, 4.69) is 37.6 Å². The Balaban J connectivity index is 1.37. The van der Waals surface area contributed by atoms with Crippen LogP contribution in [0.15, 0.2) is 54.0 Å². The predicted molar refractivity (Wildman–Crippen MR) is 101 cm³/mol. The van der Waals surface area contributed by atoms with Gasteiger partial charge < -0.3 is 10.4 Å². The number of rotatable bonds is 3. The van der Waals surface area contributed by atoms with Crippen molar-refractivity contribution in [2.75, 3.05) is 0 Å². The molecule has 2 aliphatic rings. The van der Waals surface area contributed by atoms with Crippen LogP contribution in [-0.4, -0.2) is 42.6 Å². The molecular weight excluding hydrogens is 346 g/mol. The van der Waals surface area contributed by atoms with Crippen molar-refractivity contribution in [3.63, 3.8) is 0 Å². The average molecular weight is 363 g/mol. The van der Waals surface area contributed by atoms with Gasteiger partial charge in [0.25, 0.3) is 0 Å². The molecule has 1 unspecified atom stereocenters. The second-order valence-electron chi connectivity index (χ2n) is 6.69. The fourth-order valence-corrected chi connectivity index (χ4v) is 4.77. The van der Waals surface area contributed by atoms with Gasteiger partial charge >= 0.3 is 0 Å². The van der Waals surface area contributed by atoms with Crippen molar-refractivity contribution in [3.05, 3.63) is 48.9 Å². The van der Waals surface area contributed by atoms with Gasteiger partial charge in [-0.25, -0.2) is 4.98 Å². The molecule has 2 bridgehead atoms. The first-order chi connectivity index (χ1) is 12.7. The number of aromatic hydroxyl groups is 1. The monoisotopic (exact) mass is 363 g/mol. The second-order valence-corrected chi connectivity index (χ2v) is 8.01. The third-order valence-corrected chi connectivity index (χ3v) is 6.01. The molecule has 4 heterocycles. The van der Waals surface area contributed by atoms with Crippen molar-refractivity contribution >= 4 is 22.5 Å². The highest BCUT2D eigenvalue weighted by molar-refractivity contribution is 7.99. The van der Waals surface area contributed by atoms with Crippen molar-refractivity contribution in [2.45, 2.75) is 35.2 Å². The maximum Gasteiger partial charge on any atom is 0.185 e. The van der Waals surface area contributed by atoms with Crippen molar-refractivity contribution in [3.8, 4) is 17.1 Å². The van der Waals surface area contributed by atoms with Gasteiger partial charge in [0.15, 0.2) is 5.82 Å². The van der Waals surface area contributed by atoms with E-state index in [0.29, 0.717) is 28.7 Å². The van der Waals surface area contributed by atoms with Gasteiger partial charge in [0.05, 0.1) is 11.8 Å². The van der Waals surface area contributed by atoms with Crippen LogP contribution >= 0.6 is 11.8 Å². The molecule has 130 valence electrons. The molecule has 0 aliphatic carbocycles. The lowest BCUT2D eigenvalue weighted by Gasteiger charge is -2.28. The molecular formula is C19H17N5OS. The third kappa shape index (κ3) is 2.93. The van der Waals surface area contributed by atoms with E-state index in [1.165, 1.54) is 0 Å². The lowest BCUT2D eigenvalue weighted by molar-refractivity contribution is 0.436. The van der Waals surface area contributed by atoms with Gasteiger partial charge in [0.1, 0.15) is 10.8 Å². The first-order valence-electron chi connectivity index (χ1n) is 8.62. The van der Waals surface area contributed by atoms with Gasteiger partial charge in [0.2, 0.25) is 0 Å². The number of benzene rings is 1. The molecule has 0 spiro atoms. The number of phenols is 1. The Labute approximate surface area is 154 Å². The number of hydrogen-bond donors (Lipinski definition) is 2. The Morgan fingerprint density at radius 1 is 1.04 bits per heavy atom. The van der Waals surface area contributed by atoms with Gasteiger partial charge in [0, 0.05) is 35.1 Å². The summed E-state index contributed by atoms with van der Waals surface area (Å²) in [6, 6.07) is 6.41. The summed E-state index contributed by atoms with van der Waals surface area (Å²) in [4.78, 5) is 8.51. The van der Waals surface area contributed by atoms with E-state index in [0.717, 1.165) is 28.6 Å². The standard InChI is InChI=1S/C19H17N5OS/c25-17-6-12-9-20-4-3-11(12)5-16(17)19-21-10-18(23-24-19)26-15-7-13-1-2-14(8-15)22-13/h1-6,9-10,13-15,22,25H,7-8H2/t13-,14+,15?. The minimum atomic E-state index is 0.133. The third-order valence-electron chi connectivity index (χ3n) is 4.86. The Bertz CT molecular complexity index is 977. The number of aromatic nitrogens is 4. The van der Waals surface area contributed by atoms with Crippen LogP contribution in [0.4, 0.5) is 0 Å². The highest BCUT2D eigenvalue weighted by atomic mass is 32.2. The van der Waals surface area contributed by atoms with E-state index in [-0.39, 0.29) is 5.75 Å². The predicted octanol–water partition coefficient (Wildman–Crippen LogP) is 2.94. The number of hydrogen-bond acceptors (Lipinski definition) is 7. The van der Waals surface area contributed by atoms with E-state index in [9.17, 15) is 5.11 Å². The maximum atomic E-state index is 10.3. The summed E-state index contributed by atoms with van der Waals surface area (Å²) in [6.07, 6.45) is 11.9. The van der Waals surface area contributed by atoms with Gasteiger partial charge in [-0.2, -0.15) is 0 Å². The number of nitrogens with one attached hydrogen (secondary N) is 1. The number of piperidine rings is 1. The smallest absolute Gasteiger partial charge is 0.185 e. The van der Waals surface area contributed by atoms with Crippen LogP contribution in [0.1, 0.15) is 12.8 Å². The van der Waals surface area contributed by atoms with Gasteiger partial charge in [-0.3, -0.25) is 4.98 Å². The lowest BCUT2D eigenvalue weighted by Crippen LogP contribution is -2.40. The Morgan fingerprint density at radius 2 is 1.88 bits per heavy atom. The molecule has 0 radical (unpaired) electrons. The highest BCUT2D eigenvalue weighted by Crippen LogP contribution is 2.34. The molecule has 0 saturated carbocycles. The largest absolute Gasteiger partial charge is 0.507 e. The first-order valence-corrected chi connectivity index (χ1v) is 9.50. The van der Waals surface area contributed by atoms with Crippen LogP contribution in [-0.2, 0) is 0 Å². The molecule has 1 fully saturated rings. The normalized spacial score (nSPS) is 24.2. The number of pyridine rings is 1. The molecule has 0 amide bonds. The van der Waals surface area contributed by atoms with Crippen molar-refractivity contribution < 1.29 is 5.11 Å². The highest BCUT2D eigenvalue weighted by Gasteiger charge is 2.30. The van der Waals surface area contributed by atoms with E-state index in [1.54, 1.807) is 36.4 Å². The topological polar surface area (TPSA) is 83.8 Å². The van der Waals surface area contributed by atoms with Gasteiger partial charge in [-0.1, -0.05) is 23.9 Å². The molecule has 3 aromatic rings. The minimum absolute atomic E-state index is 0.133. The van der Waals surface area contributed by atoms with Crippen LogP contribution in [0.25, 0.3) is 22.2 Å². The maximum absolute atomic E-state index is 10.3. The number of nitrogens with zero attached hydrogens (tertiary/aromatic N) is 4. The summed E-state index contributed by atoms with van der Waals surface area (Å²) in [5.74, 6) is 0.561. The summed E-state index contributed by atoms with van der Waals surface area (Å²) < 4.78 is 0. The first kappa shape index (κ1) is 15.7. The van der Waals surface area contributed by atoms with E-state index >= 15 is 0 Å². The molecule has 26 heavy (non-hydrogen) atoms. The molecule has 5 rings (SSSR count). The summed E-state index contributed by atoms with van der Waals surface area (Å²) in [5, 5.41) is 25.6. The molecule has 2 N–H and O–H groups in total. The van der Waals surface area contributed by atoms with Crippen molar-refractivity contribution in [1.82, 2.24) is 25.5 Å². The van der Waals surface area contributed by atoms with Crippen molar-refractivity contribution in [1.29, 1.82) is 0 Å². The molecule has 6 nitrogen and oxygen atoms in total.